The van der Waals surface area contributed by atoms with Crippen molar-refractivity contribution in [2.75, 3.05) is 0 Å². The summed E-state index contributed by atoms with van der Waals surface area (Å²) in [6, 6.07) is 6.09. The first-order chi connectivity index (χ1) is 9.85. The number of benzene rings is 1. The van der Waals surface area contributed by atoms with Crippen LogP contribution in [-0.4, -0.2) is 21.9 Å². The number of ether oxygens (including phenoxy) is 1. The summed E-state index contributed by atoms with van der Waals surface area (Å²) in [5, 5.41) is 9.54. The first kappa shape index (κ1) is 15.1. The second-order valence-electron chi connectivity index (χ2n) is 5.99. The van der Waals surface area contributed by atoms with Crippen molar-refractivity contribution in [3.8, 4) is 11.1 Å². The number of rotatable bonds is 3. The van der Waals surface area contributed by atoms with Gasteiger partial charge in [0.05, 0.1) is 6.20 Å². The molecule has 0 saturated carbocycles. The van der Waals surface area contributed by atoms with Crippen LogP contribution < -0.4 is 5.32 Å². The highest BCUT2D eigenvalue weighted by atomic mass is 16.6. The molecular formula is C16H21N3O2. The summed E-state index contributed by atoms with van der Waals surface area (Å²) in [6.45, 7) is 8.01. The molecule has 1 aromatic heterocycles. The summed E-state index contributed by atoms with van der Waals surface area (Å²) in [7, 11) is 0. The third kappa shape index (κ3) is 4.34. The maximum absolute atomic E-state index is 11.7. The summed E-state index contributed by atoms with van der Waals surface area (Å²) < 4.78 is 5.22. The number of nitrogens with zero attached hydrogens (tertiary/aromatic N) is 1. The molecule has 2 N–H and O–H groups in total. The monoisotopic (exact) mass is 287 g/mol. The van der Waals surface area contributed by atoms with E-state index in [1.165, 1.54) is 0 Å². The highest BCUT2D eigenvalue weighted by molar-refractivity contribution is 5.69. The van der Waals surface area contributed by atoms with Gasteiger partial charge < -0.3 is 10.1 Å². The molecule has 0 aliphatic carbocycles. The molecule has 2 aromatic rings. The first-order valence-corrected chi connectivity index (χ1v) is 6.91. The van der Waals surface area contributed by atoms with Crippen molar-refractivity contribution in [3.63, 3.8) is 0 Å². The number of hydrogen-bond donors (Lipinski definition) is 2. The minimum absolute atomic E-state index is 0.409. The summed E-state index contributed by atoms with van der Waals surface area (Å²) in [5.41, 5.74) is 3.83. The van der Waals surface area contributed by atoms with Crippen molar-refractivity contribution >= 4 is 6.09 Å². The van der Waals surface area contributed by atoms with Crippen molar-refractivity contribution in [2.24, 2.45) is 0 Å². The Bertz CT molecular complexity index is 613. The van der Waals surface area contributed by atoms with E-state index in [9.17, 15) is 4.79 Å². The predicted molar refractivity (Wildman–Crippen MR) is 81.8 cm³/mol. The largest absolute Gasteiger partial charge is 0.444 e. The maximum Gasteiger partial charge on any atom is 0.407 e. The molecule has 0 saturated heterocycles. The molecule has 0 unspecified atom stereocenters. The third-order valence-corrected chi connectivity index (χ3v) is 2.95. The zero-order valence-electron chi connectivity index (χ0n) is 12.9. The molecule has 0 bridgehead atoms. The van der Waals surface area contributed by atoms with Crippen LogP contribution in [0.1, 0.15) is 31.9 Å². The molecule has 5 heteroatoms. The fourth-order valence-corrected chi connectivity index (χ4v) is 1.98. The van der Waals surface area contributed by atoms with Gasteiger partial charge in [0, 0.05) is 18.3 Å². The smallest absolute Gasteiger partial charge is 0.407 e. The lowest BCUT2D eigenvalue weighted by atomic mass is 10.0. The number of aryl methyl sites for hydroxylation is 1. The van der Waals surface area contributed by atoms with E-state index in [0.717, 1.165) is 22.3 Å². The zero-order chi connectivity index (χ0) is 15.5. The summed E-state index contributed by atoms with van der Waals surface area (Å²) >= 11 is 0. The number of hydrogen-bond acceptors (Lipinski definition) is 3. The number of alkyl carbamates (subject to hydrolysis) is 1. The van der Waals surface area contributed by atoms with E-state index in [1.54, 1.807) is 6.20 Å². The molecule has 21 heavy (non-hydrogen) atoms. The number of nitrogens with one attached hydrogen (secondary N) is 2. The van der Waals surface area contributed by atoms with Crippen molar-refractivity contribution < 1.29 is 9.53 Å². The van der Waals surface area contributed by atoms with Crippen LogP contribution in [0, 0.1) is 6.92 Å². The third-order valence-electron chi connectivity index (χ3n) is 2.95. The lowest BCUT2D eigenvalue weighted by Crippen LogP contribution is -2.32. The number of aromatic nitrogens is 2. The van der Waals surface area contributed by atoms with Crippen LogP contribution in [0.3, 0.4) is 0 Å². The second-order valence-corrected chi connectivity index (χ2v) is 5.99. The number of aromatic amines is 1. The highest BCUT2D eigenvalue weighted by Crippen LogP contribution is 2.23. The quantitative estimate of drug-likeness (QED) is 0.909. The molecule has 1 aromatic carbocycles. The van der Waals surface area contributed by atoms with Crippen LogP contribution in [0.2, 0.25) is 0 Å². The van der Waals surface area contributed by atoms with E-state index in [4.69, 9.17) is 4.74 Å². The Labute approximate surface area is 124 Å². The van der Waals surface area contributed by atoms with Gasteiger partial charge in [0.2, 0.25) is 0 Å². The van der Waals surface area contributed by atoms with Crippen molar-refractivity contribution in [3.05, 3.63) is 41.7 Å². The van der Waals surface area contributed by atoms with E-state index >= 15 is 0 Å². The van der Waals surface area contributed by atoms with Crippen molar-refractivity contribution in [2.45, 2.75) is 39.8 Å². The van der Waals surface area contributed by atoms with Gasteiger partial charge in [-0.15, -0.1) is 0 Å². The van der Waals surface area contributed by atoms with Crippen molar-refractivity contribution in [1.29, 1.82) is 0 Å². The molecule has 0 radical (unpaired) electrons. The second kappa shape index (κ2) is 5.99. The Morgan fingerprint density at radius 3 is 2.76 bits per heavy atom. The molecule has 0 aliphatic heterocycles. The van der Waals surface area contributed by atoms with Gasteiger partial charge in [-0.1, -0.05) is 12.1 Å². The van der Waals surface area contributed by atoms with Crippen LogP contribution in [-0.2, 0) is 11.3 Å². The Balaban J connectivity index is 2.05. The normalized spacial score (nSPS) is 11.2. The SMILES string of the molecule is Cc1ccc(CNC(=O)OC(C)(C)C)cc1-c1cn[nH]c1. The summed E-state index contributed by atoms with van der Waals surface area (Å²) in [4.78, 5) is 11.7. The van der Waals surface area contributed by atoms with Gasteiger partial charge in [-0.3, -0.25) is 5.10 Å². The van der Waals surface area contributed by atoms with Crippen LogP contribution in [0.4, 0.5) is 4.79 Å². The fraction of sp³-hybridized carbons (Fsp3) is 0.375. The Hall–Kier alpha value is -2.30. The average Bonchev–Trinajstić information content (AvgIpc) is 2.89. The van der Waals surface area contributed by atoms with Gasteiger partial charge in [-0.05, 0) is 50.5 Å². The number of carbonyl (C=O) groups is 1. The Kier molecular flexibility index (Phi) is 4.31. The lowest BCUT2D eigenvalue weighted by Gasteiger charge is -2.19. The molecule has 112 valence electrons. The van der Waals surface area contributed by atoms with E-state index in [2.05, 4.69) is 21.6 Å². The van der Waals surface area contributed by atoms with Crippen LogP contribution in [0.25, 0.3) is 11.1 Å². The van der Waals surface area contributed by atoms with Crippen LogP contribution in [0.15, 0.2) is 30.6 Å². The number of carbonyl (C=O) groups excluding carboxylic acids is 1. The minimum Gasteiger partial charge on any atom is -0.444 e. The van der Waals surface area contributed by atoms with E-state index in [0.29, 0.717) is 6.54 Å². The highest BCUT2D eigenvalue weighted by Gasteiger charge is 2.15. The molecule has 0 fully saturated rings. The molecule has 5 nitrogen and oxygen atoms in total. The molecule has 1 amide bonds. The predicted octanol–water partition coefficient (Wildman–Crippen LogP) is 3.41. The standard InChI is InChI=1S/C16H21N3O2/c1-11-5-6-12(7-14(11)13-9-18-19-10-13)8-17-15(20)21-16(2,3)4/h5-7,9-10H,8H2,1-4H3,(H,17,20)(H,18,19). The molecule has 1 heterocycles. The van der Waals surface area contributed by atoms with E-state index < -0.39 is 11.7 Å². The molecule has 0 spiro atoms. The molecule has 0 atom stereocenters. The van der Waals surface area contributed by atoms with Gasteiger partial charge in [-0.2, -0.15) is 5.10 Å². The van der Waals surface area contributed by atoms with Gasteiger partial charge in [0.15, 0.2) is 0 Å². The summed E-state index contributed by atoms with van der Waals surface area (Å²) in [6.07, 6.45) is 3.23. The number of H-pyrrole nitrogens is 1. The minimum atomic E-state index is -0.487. The fourth-order valence-electron chi connectivity index (χ4n) is 1.98. The maximum atomic E-state index is 11.7. The van der Waals surface area contributed by atoms with E-state index in [-0.39, 0.29) is 0 Å². The number of amides is 1. The molecular weight excluding hydrogens is 266 g/mol. The van der Waals surface area contributed by atoms with E-state index in [1.807, 2.05) is 46.0 Å². The van der Waals surface area contributed by atoms with Gasteiger partial charge in [0.25, 0.3) is 0 Å². The Morgan fingerprint density at radius 2 is 2.14 bits per heavy atom. The van der Waals surface area contributed by atoms with Crippen molar-refractivity contribution in [1.82, 2.24) is 15.5 Å². The molecule has 0 aliphatic rings. The summed E-state index contributed by atoms with van der Waals surface area (Å²) in [5.74, 6) is 0. The zero-order valence-corrected chi connectivity index (χ0v) is 12.9. The van der Waals surface area contributed by atoms with Gasteiger partial charge in [-0.25, -0.2) is 4.79 Å². The van der Waals surface area contributed by atoms with Gasteiger partial charge >= 0.3 is 6.09 Å². The first-order valence-electron chi connectivity index (χ1n) is 6.91. The van der Waals surface area contributed by atoms with Crippen LogP contribution >= 0.6 is 0 Å². The molecule has 2 rings (SSSR count). The average molecular weight is 287 g/mol. The van der Waals surface area contributed by atoms with Crippen LogP contribution in [0.5, 0.6) is 0 Å². The Morgan fingerprint density at radius 1 is 1.38 bits per heavy atom. The lowest BCUT2D eigenvalue weighted by molar-refractivity contribution is 0.0523. The topological polar surface area (TPSA) is 67.0 Å². The van der Waals surface area contributed by atoms with Gasteiger partial charge in [0.1, 0.15) is 5.60 Å².